The monoisotopic (exact) mass is 313 g/mol. The van der Waals surface area contributed by atoms with Crippen molar-refractivity contribution in [2.24, 2.45) is 0 Å². The van der Waals surface area contributed by atoms with E-state index in [0.29, 0.717) is 11.4 Å². The number of carbonyl (C=O) groups excluding carboxylic acids is 1. The molecule has 2 aromatic heterocycles. The fourth-order valence-corrected chi connectivity index (χ4v) is 2.76. The number of nitrogens with one attached hydrogen (secondary N) is 1. The van der Waals surface area contributed by atoms with Gasteiger partial charge in [-0.05, 0) is 30.3 Å². The quantitative estimate of drug-likeness (QED) is 0.801. The van der Waals surface area contributed by atoms with Crippen LogP contribution in [0.2, 0.25) is 0 Å². The van der Waals surface area contributed by atoms with Gasteiger partial charge in [0.1, 0.15) is 10.8 Å². The van der Waals surface area contributed by atoms with Gasteiger partial charge in [0.2, 0.25) is 5.91 Å². The Bertz CT molecular complexity index is 789. The molecule has 0 atom stereocenters. The molecule has 0 aliphatic rings. The minimum absolute atomic E-state index is 0.146. The van der Waals surface area contributed by atoms with E-state index in [9.17, 15) is 9.18 Å². The largest absolute Gasteiger partial charge is 0.326 e. The Morgan fingerprint density at radius 2 is 2.18 bits per heavy atom. The summed E-state index contributed by atoms with van der Waals surface area (Å²) in [4.78, 5) is 20.4. The van der Waals surface area contributed by atoms with Crippen molar-refractivity contribution in [3.8, 4) is 10.6 Å². The highest BCUT2D eigenvalue weighted by atomic mass is 32.1. The highest BCUT2D eigenvalue weighted by Gasteiger charge is 2.09. The molecule has 0 unspecified atom stereocenters. The van der Waals surface area contributed by atoms with Gasteiger partial charge in [-0.25, -0.2) is 9.37 Å². The van der Waals surface area contributed by atoms with Gasteiger partial charge in [-0.3, -0.25) is 9.78 Å². The number of nitrogens with zero attached hydrogens (tertiary/aromatic N) is 2. The molecule has 3 aromatic rings. The van der Waals surface area contributed by atoms with E-state index in [4.69, 9.17) is 0 Å². The summed E-state index contributed by atoms with van der Waals surface area (Å²) in [5, 5.41) is 5.32. The van der Waals surface area contributed by atoms with Crippen LogP contribution in [-0.2, 0) is 11.2 Å². The lowest BCUT2D eigenvalue weighted by atomic mass is 10.2. The third kappa shape index (κ3) is 3.53. The molecule has 0 spiro atoms. The lowest BCUT2D eigenvalue weighted by molar-refractivity contribution is -0.115. The van der Waals surface area contributed by atoms with E-state index in [2.05, 4.69) is 15.3 Å². The van der Waals surface area contributed by atoms with Crippen LogP contribution in [-0.4, -0.2) is 15.9 Å². The summed E-state index contributed by atoms with van der Waals surface area (Å²) in [6.45, 7) is 0. The van der Waals surface area contributed by atoms with Crippen LogP contribution in [0.1, 0.15) is 5.69 Å². The third-order valence-corrected chi connectivity index (χ3v) is 3.85. The Balaban J connectivity index is 1.66. The Kier molecular flexibility index (Phi) is 4.20. The maximum atomic E-state index is 13.1. The van der Waals surface area contributed by atoms with Gasteiger partial charge in [0.25, 0.3) is 0 Å². The number of pyridine rings is 1. The van der Waals surface area contributed by atoms with Crippen molar-refractivity contribution in [3.63, 3.8) is 0 Å². The Morgan fingerprint density at radius 3 is 2.95 bits per heavy atom. The van der Waals surface area contributed by atoms with Crippen molar-refractivity contribution < 1.29 is 9.18 Å². The van der Waals surface area contributed by atoms with Crippen LogP contribution >= 0.6 is 11.3 Å². The van der Waals surface area contributed by atoms with Gasteiger partial charge in [0.05, 0.1) is 12.1 Å². The molecule has 110 valence electrons. The van der Waals surface area contributed by atoms with Crippen LogP contribution in [0.25, 0.3) is 10.6 Å². The number of anilines is 1. The Labute approximate surface area is 130 Å². The SMILES string of the molecule is O=C(Cc1csc(-c2cccnc2)n1)Nc1cccc(F)c1. The summed E-state index contributed by atoms with van der Waals surface area (Å²) in [6, 6.07) is 9.56. The summed E-state index contributed by atoms with van der Waals surface area (Å²) in [6.07, 6.45) is 3.58. The smallest absolute Gasteiger partial charge is 0.230 e. The summed E-state index contributed by atoms with van der Waals surface area (Å²) in [5.74, 6) is -0.612. The molecule has 0 aliphatic carbocycles. The van der Waals surface area contributed by atoms with Gasteiger partial charge in [-0.15, -0.1) is 11.3 Å². The second-order valence-corrected chi connectivity index (χ2v) is 5.48. The number of carbonyl (C=O) groups is 1. The topological polar surface area (TPSA) is 54.9 Å². The first-order valence-corrected chi connectivity index (χ1v) is 7.49. The molecule has 3 rings (SSSR count). The molecule has 1 N–H and O–H groups in total. The normalized spacial score (nSPS) is 10.4. The van der Waals surface area contributed by atoms with E-state index in [-0.39, 0.29) is 18.1 Å². The van der Waals surface area contributed by atoms with E-state index in [0.717, 1.165) is 10.6 Å². The number of aromatic nitrogens is 2. The molecule has 0 bridgehead atoms. The highest BCUT2D eigenvalue weighted by Crippen LogP contribution is 2.23. The van der Waals surface area contributed by atoms with Crippen molar-refractivity contribution in [2.45, 2.75) is 6.42 Å². The number of halogens is 1. The first kappa shape index (κ1) is 14.3. The van der Waals surface area contributed by atoms with Gasteiger partial charge >= 0.3 is 0 Å². The maximum Gasteiger partial charge on any atom is 0.230 e. The second kappa shape index (κ2) is 6.44. The van der Waals surface area contributed by atoms with Crippen LogP contribution in [0.4, 0.5) is 10.1 Å². The predicted molar refractivity (Wildman–Crippen MR) is 84.1 cm³/mol. The van der Waals surface area contributed by atoms with Crippen molar-refractivity contribution in [1.82, 2.24) is 9.97 Å². The molecule has 0 radical (unpaired) electrons. The fourth-order valence-electron chi connectivity index (χ4n) is 1.95. The van der Waals surface area contributed by atoms with E-state index < -0.39 is 0 Å². The average Bonchev–Trinajstić information content (AvgIpc) is 2.96. The molecular weight excluding hydrogens is 301 g/mol. The van der Waals surface area contributed by atoms with Crippen LogP contribution in [0, 0.1) is 5.82 Å². The van der Waals surface area contributed by atoms with Crippen LogP contribution in [0.15, 0.2) is 54.2 Å². The summed E-state index contributed by atoms with van der Waals surface area (Å²) in [5.41, 5.74) is 2.04. The molecule has 1 amide bonds. The zero-order valence-corrected chi connectivity index (χ0v) is 12.3. The van der Waals surface area contributed by atoms with Crippen molar-refractivity contribution in [2.75, 3.05) is 5.32 Å². The van der Waals surface area contributed by atoms with Crippen molar-refractivity contribution >= 4 is 22.9 Å². The lowest BCUT2D eigenvalue weighted by Gasteiger charge is -2.03. The van der Waals surface area contributed by atoms with Crippen LogP contribution < -0.4 is 5.32 Å². The number of benzene rings is 1. The molecular formula is C16H12FN3OS. The van der Waals surface area contributed by atoms with Crippen molar-refractivity contribution in [3.05, 3.63) is 65.7 Å². The molecule has 2 heterocycles. The van der Waals surface area contributed by atoms with Crippen molar-refractivity contribution in [1.29, 1.82) is 0 Å². The van der Waals surface area contributed by atoms with E-state index >= 15 is 0 Å². The third-order valence-electron chi connectivity index (χ3n) is 2.91. The first-order valence-electron chi connectivity index (χ1n) is 6.61. The van der Waals surface area contributed by atoms with Crippen LogP contribution in [0.5, 0.6) is 0 Å². The van der Waals surface area contributed by atoms with Gasteiger partial charge in [-0.1, -0.05) is 6.07 Å². The molecule has 6 heteroatoms. The van der Waals surface area contributed by atoms with Crippen LogP contribution in [0.3, 0.4) is 0 Å². The molecule has 0 saturated carbocycles. The van der Waals surface area contributed by atoms with Gasteiger partial charge < -0.3 is 5.32 Å². The van der Waals surface area contributed by atoms with E-state index in [1.807, 2.05) is 17.5 Å². The predicted octanol–water partition coefficient (Wildman–Crippen LogP) is 3.53. The lowest BCUT2D eigenvalue weighted by Crippen LogP contribution is -2.14. The number of hydrogen-bond donors (Lipinski definition) is 1. The molecule has 0 aliphatic heterocycles. The molecule has 22 heavy (non-hydrogen) atoms. The minimum atomic E-state index is -0.384. The molecule has 1 aromatic carbocycles. The minimum Gasteiger partial charge on any atom is -0.326 e. The van der Waals surface area contributed by atoms with E-state index in [1.54, 1.807) is 24.5 Å². The molecule has 4 nitrogen and oxygen atoms in total. The number of rotatable bonds is 4. The Morgan fingerprint density at radius 1 is 1.27 bits per heavy atom. The average molecular weight is 313 g/mol. The summed E-state index contributed by atoms with van der Waals surface area (Å²) < 4.78 is 13.1. The standard InChI is InChI=1S/C16H12FN3OS/c17-12-4-1-5-13(7-12)19-15(21)8-14-10-22-16(20-14)11-3-2-6-18-9-11/h1-7,9-10H,8H2,(H,19,21). The summed E-state index contributed by atoms with van der Waals surface area (Å²) in [7, 11) is 0. The number of hydrogen-bond acceptors (Lipinski definition) is 4. The maximum absolute atomic E-state index is 13.1. The number of amides is 1. The van der Waals surface area contributed by atoms with Gasteiger partial charge in [0, 0.05) is 29.0 Å². The highest BCUT2D eigenvalue weighted by molar-refractivity contribution is 7.13. The van der Waals surface area contributed by atoms with Gasteiger partial charge in [0.15, 0.2) is 0 Å². The number of thiazole rings is 1. The zero-order chi connectivity index (χ0) is 15.4. The Hall–Kier alpha value is -2.60. The van der Waals surface area contributed by atoms with Gasteiger partial charge in [-0.2, -0.15) is 0 Å². The second-order valence-electron chi connectivity index (χ2n) is 4.62. The molecule has 0 fully saturated rings. The zero-order valence-electron chi connectivity index (χ0n) is 11.5. The van der Waals surface area contributed by atoms with E-state index in [1.165, 1.54) is 23.5 Å². The molecule has 0 saturated heterocycles. The summed E-state index contributed by atoms with van der Waals surface area (Å²) >= 11 is 1.46. The fraction of sp³-hybridized carbons (Fsp3) is 0.0625. The first-order chi connectivity index (χ1) is 10.7.